The van der Waals surface area contributed by atoms with Crippen LogP contribution >= 0.6 is 0 Å². The molecule has 0 N–H and O–H groups in total. The summed E-state index contributed by atoms with van der Waals surface area (Å²) in [4.78, 5) is 10.7. The summed E-state index contributed by atoms with van der Waals surface area (Å²) in [7, 11) is 6.06. The summed E-state index contributed by atoms with van der Waals surface area (Å²) in [5, 5.41) is 4.59. The number of aromatic nitrogens is 5. The maximum atomic E-state index is 4.59. The van der Waals surface area contributed by atoms with Crippen LogP contribution in [0.4, 0.5) is 0 Å². The number of nitrogens with zero attached hydrogens (tertiary/aromatic N) is 6. The van der Waals surface area contributed by atoms with Crippen LogP contribution in [0.25, 0.3) is 11.3 Å². The molecule has 0 fully saturated rings. The van der Waals surface area contributed by atoms with Crippen LogP contribution in [-0.2, 0) is 27.2 Å². The van der Waals surface area contributed by atoms with Crippen molar-refractivity contribution in [2.75, 3.05) is 7.05 Å². The second-order valence-electron chi connectivity index (χ2n) is 5.54. The molecule has 3 rings (SSSR count). The van der Waals surface area contributed by atoms with Gasteiger partial charge in [-0.15, -0.1) is 0 Å². The Bertz CT molecular complexity index is 743. The molecular weight excluding hydrogens is 276 g/mol. The minimum Gasteiger partial charge on any atom is -0.337 e. The van der Waals surface area contributed by atoms with Crippen LogP contribution in [0.3, 0.4) is 0 Å². The summed E-state index contributed by atoms with van der Waals surface area (Å²) in [6.45, 7) is 1.62. The molecule has 3 aromatic heterocycles. The second-order valence-corrected chi connectivity index (χ2v) is 5.54. The van der Waals surface area contributed by atoms with E-state index in [4.69, 9.17) is 0 Å². The van der Waals surface area contributed by atoms with Gasteiger partial charge in [0.2, 0.25) is 0 Å². The van der Waals surface area contributed by atoms with Gasteiger partial charge in [0.15, 0.2) is 0 Å². The van der Waals surface area contributed by atoms with E-state index < -0.39 is 0 Å². The normalized spacial score (nSPS) is 11.3. The van der Waals surface area contributed by atoms with Crippen molar-refractivity contribution in [2.45, 2.75) is 13.1 Å². The Morgan fingerprint density at radius 3 is 2.55 bits per heavy atom. The van der Waals surface area contributed by atoms with E-state index in [2.05, 4.69) is 33.2 Å². The van der Waals surface area contributed by atoms with Crippen molar-refractivity contribution < 1.29 is 0 Å². The fourth-order valence-electron chi connectivity index (χ4n) is 2.54. The summed E-state index contributed by atoms with van der Waals surface area (Å²) >= 11 is 0. The average Bonchev–Trinajstić information content (AvgIpc) is 3.06. The number of hydrogen-bond donors (Lipinski definition) is 0. The Labute approximate surface area is 130 Å². The van der Waals surface area contributed by atoms with Gasteiger partial charge >= 0.3 is 0 Å². The van der Waals surface area contributed by atoms with Crippen molar-refractivity contribution in [1.29, 1.82) is 0 Å². The molecule has 0 saturated carbocycles. The Kier molecular flexibility index (Phi) is 4.02. The van der Waals surface area contributed by atoms with E-state index in [0.29, 0.717) is 0 Å². The quantitative estimate of drug-likeness (QED) is 0.721. The Balaban J connectivity index is 1.79. The predicted molar refractivity (Wildman–Crippen MR) is 84.8 cm³/mol. The molecular formula is C16H20N6. The average molecular weight is 296 g/mol. The SMILES string of the molecule is CN(Cc1cn(C)nc1-c1ccncc1)Cc1nccn1C. The summed E-state index contributed by atoms with van der Waals surface area (Å²) in [5.41, 5.74) is 3.30. The second kappa shape index (κ2) is 6.11. The third kappa shape index (κ3) is 3.07. The van der Waals surface area contributed by atoms with Gasteiger partial charge in [-0.1, -0.05) is 0 Å². The molecule has 22 heavy (non-hydrogen) atoms. The highest BCUT2D eigenvalue weighted by molar-refractivity contribution is 5.61. The summed E-state index contributed by atoms with van der Waals surface area (Å²) in [6.07, 6.45) is 9.47. The molecule has 114 valence electrons. The van der Waals surface area contributed by atoms with E-state index in [0.717, 1.165) is 30.2 Å². The Morgan fingerprint density at radius 1 is 1.09 bits per heavy atom. The van der Waals surface area contributed by atoms with Crippen LogP contribution in [0.15, 0.2) is 43.1 Å². The minimum absolute atomic E-state index is 0.800. The Hall–Kier alpha value is -2.47. The van der Waals surface area contributed by atoms with Crippen molar-refractivity contribution in [2.24, 2.45) is 14.1 Å². The molecule has 0 spiro atoms. The fourth-order valence-corrected chi connectivity index (χ4v) is 2.54. The van der Waals surface area contributed by atoms with E-state index in [1.54, 1.807) is 12.4 Å². The molecule has 0 aromatic carbocycles. The maximum Gasteiger partial charge on any atom is 0.122 e. The van der Waals surface area contributed by atoms with Gasteiger partial charge in [0.25, 0.3) is 0 Å². The largest absolute Gasteiger partial charge is 0.337 e. The number of imidazole rings is 1. The highest BCUT2D eigenvalue weighted by Crippen LogP contribution is 2.22. The number of hydrogen-bond acceptors (Lipinski definition) is 4. The summed E-state index contributed by atoms with van der Waals surface area (Å²) in [6, 6.07) is 3.98. The molecule has 0 saturated heterocycles. The third-order valence-electron chi connectivity index (χ3n) is 3.63. The van der Waals surface area contributed by atoms with E-state index in [-0.39, 0.29) is 0 Å². The zero-order chi connectivity index (χ0) is 15.5. The van der Waals surface area contributed by atoms with Gasteiger partial charge in [-0.25, -0.2) is 4.98 Å². The lowest BCUT2D eigenvalue weighted by Gasteiger charge is -2.16. The molecule has 0 amide bonds. The minimum atomic E-state index is 0.800. The highest BCUT2D eigenvalue weighted by atomic mass is 15.3. The molecule has 6 nitrogen and oxygen atoms in total. The van der Waals surface area contributed by atoms with Crippen molar-refractivity contribution >= 4 is 0 Å². The lowest BCUT2D eigenvalue weighted by atomic mass is 10.1. The van der Waals surface area contributed by atoms with Crippen LogP contribution in [-0.4, -0.2) is 36.3 Å². The molecule has 0 aliphatic rings. The summed E-state index contributed by atoms with van der Waals surface area (Å²) < 4.78 is 3.91. The van der Waals surface area contributed by atoms with E-state index in [1.165, 1.54) is 5.56 Å². The van der Waals surface area contributed by atoms with E-state index >= 15 is 0 Å². The summed E-state index contributed by atoms with van der Waals surface area (Å²) in [5.74, 6) is 1.05. The van der Waals surface area contributed by atoms with Gasteiger partial charge in [0.1, 0.15) is 5.82 Å². The van der Waals surface area contributed by atoms with Crippen LogP contribution < -0.4 is 0 Å². The number of rotatable bonds is 5. The molecule has 0 bridgehead atoms. The monoisotopic (exact) mass is 296 g/mol. The standard InChI is InChI=1S/C16H20N6/c1-20(12-15-18-8-9-21(15)2)10-14-11-22(3)19-16(14)13-4-6-17-7-5-13/h4-9,11H,10,12H2,1-3H3. The molecule has 0 radical (unpaired) electrons. The van der Waals surface area contributed by atoms with Gasteiger partial charge in [0, 0.05) is 62.8 Å². The van der Waals surface area contributed by atoms with Crippen molar-refractivity contribution in [3.05, 3.63) is 54.5 Å². The molecule has 0 atom stereocenters. The number of pyridine rings is 1. The van der Waals surface area contributed by atoms with Gasteiger partial charge in [-0.2, -0.15) is 5.10 Å². The highest BCUT2D eigenvalue weighted by Gasteiger charge is 2.13. The van der Waals surface area contributed by atoms with Crippen LogP contribution in [0.1, 0.15) is 11.4 Å². The van der Waals surface area contributed by atoms with E-state index in [1.807, 2.05) is 47.9 Å². The predicted octanol–water partition coefficient (Wildman–Crippen LogP) is 1.85. The molecule has 0 aliphatic heterocycles. The molecule has 0 unspecified atom stereocenters. The maximum absolute atomic E-state index is 4.59. The lowest BCUT2D eigenvalue weighted by molar-refractivity contribution is 0.307. The molecule has 6 heteroatoms. The van der Waals surface area contributed by atoms with Crippen molar-refractivity contribution in [3.8, 4) is 11.3 Å². The molecule has 0 aliphatic carbocycles. The van der Waals surface area contributed by atoms with E-state index in [9.17, 15) is 0 Å². The van der Waals surface area contributed by atoms with Crippen molar-refractivity contribution in [3.63, 3.8) is 0 Å². The smallest absolute Gasteiger partial charge is 0.122 e. The first-order chi connectivity index (χ1) is 10.6. The topological polar surface area (TPSA) is 51.8 Å². The first-order valence-electron chi connectivity index (χ1n) is 7.21. The van der Waals surface area contributed by atoms with Gasteiger partial charge < -0.3 is 4.57 Å². The lowest BCUT2D eigenvalue weighted by Crippen LogP contribution is -2.19. The van der Waals surface area contributed by atoms with Crippen LogP contribution in [0.2, 0.25) is 0 Å². The zero-order valence-electron chi connectivity index (χ0n) is 13.1. The van der Waals surface area contributed by atoms with Gasteiger partial charge in [-0.3, -0.25) is 14.6 Å². The van der Waals surface area contributed by atoms with Crippen LogP contribution in [0.5, 0.6) is 0 Å². The fraction of sp³-hybridized carbons (Fsp3) is 0.312. The number of aryl methyl sites for hydroxylation is 2. The first kappa shape index (κ1) is 14.5. The van der Waals surface area contributed by atoms with Gasteiger partial charge in [0.05, 0.1) is 12.2 Å². The third-order valence-corrected chi connectivity index (χ3v) is 3.63. The molecule has 3 aromatic rings. The molecule has 3 heterocycles. The Morgan fingerprint density at radius 2 is 1.86 bits per heavy atom. The first-order valence-corrected chi connectivity index (χ1v) is 7.21. The van der Waals surface area contributed by atoms with Crippen LogP contribution in [0, 0.1) is 0 Å². The van der Waals surface area contributed by atoms with Gasteiger partial charge in [-0.05, 0) is 19.2 Å². The zero-order valence-corrected chi connectivity index (χ0v) is 13.1. The van der Waals surface area contributed by atoms with Crippen molar-refractivity contribution in [1.82, 2.24) is 29.2 Å².